The van der Waals surface area contributed by atoms with Crippen molar-refractivity contribution in [3.05, 3.63) is 59.7 Å². The summed E-state index contributed by atoms with van der Waals surface area (Å²) in [6.45, 7) is 4.32. The molecule has 2 rings (SSSR count). The third kappa shape index (κ3) is 6.55. The normalized spacial score (nSPS) is 10.5. The Hall–Kier alpha value is -2.29. The van der Waals surface area contributed by atoms with Crippen molar-refractivity contribution in [2.24, 2.45) is 0 Å². The largest absolute Gasteiger partial charge is 0.519 e. The van der Waals surface area contributed by atoms with Crippen LogP contribution in [0.3, 0.4) is 0 Å². The van der Waals surface area contributed by atoms with Crippen molar-refractivity contribution >= 4 is 6.16 Å². The van der Waals surface area contributed by atoms with Crippen molar-refractivity contribution < 1.29 is 14.3 Å². The maximum absolute atomic E-state index is 12.3. The molecule has 0 radical (unpaired) electrons. The lowest BCUT2D eigenvalue weighted by atomic mass is 10.0. The number of para-hydroxylation sites is 2. The van der Waals surface area contributed by atoms with E-state index in [0.29, 0.717) is 11.5 Å². The Morgan fingerprint density at radius 2 is 1.23 bits per heavy atom. The SMILES string of the molecule is CCCCCCCc1ccccc1OC(=O)Oc1ccccc1CCC. The summed E-state index contributed by atoms with van der Waals surface area (Å²) in [5, 5.41) is 0. The van der Waals surface area contributed by atoms with E-state index in [9.17, 15) is 4.79 Å². The highest BCUT2D eigenvalue weighted by Gasteiger charge is 2.13. The number of aryl methyl sites for hydroxylation is 2. The Kier molecular flexibility index (Phi) is 8.74. The van der Waals surface area contributed by atoms with Gasteiger partial charge in [-0.2, -0.15) is 0 Å². The standard InChI is InChI=1S/C23H30O3/c1-3-5-6-7-8-14-20-16-10-12-18-22(20)26-23(24)25-21-17-11-9-15-19(21)13-4-2/h9-12,15-18H,3-8,13-14H2,1-2H3. The molecule has 0 bridgehead atoms. The van der Waals surface area contributed by atoms with Crippen LogP contribution in [0.4, 0.5) is 4.79 Å². The van der Waals surface area contributed by atoms with Crippen molar-refractivity contribution in [3.8, 4) is 11.5 Å². The van der Waals surface area contributed by atoms with Gasteiger partial charge in [0, 0.05) is 0 Å². The third-order valence-electron chi connectivity index (χ3n) is 4.40. The number of rotatable bonds is 10. The van der Waals surface area contributed by atoms with E-state index in [0.717, 1.165) is 36.8 Å². The smallest absolute Gasteiger partial charge is 0.394 e. The fourth-order valence-electron chi connectivity index (χ4n) is 3.01. The molecule has 140 valence electrons. The highest BCUT2D eigenvalue weighted by atomic mass is 16.7. The number of hydrogen-bond acceptors (Lipinski definition) is 3. The number of ether oxygens (including phenoxy) is 2. The fourth-order valence-corrected chi connectivity index (χ4v) is 3.01. The van der Waals surface area contributed by atoms with E-state index in [2.05, 4.69) is 13.8 Å². The number of benzene rings is 2. The number of carbonyl (C=O) groups is 1. The third-order valence-corrected chi connectivity index (χ3v) is 4.40. The van der Waals surface area contributed by atoms with Gasteiger partial charge in [0.15, 0.2) is 0 Å². The van der Waals surface area contributed by atoms with Crippen LogP contribution in [0, 0.1) is 0 Å². The van der Waals surface area contributed by atoms with Gasteiger partial charge < -0.3 is 9.47 Å². The zero-order valence-corrected chi connectivity index (χ0v) is 16.0. The van der Waals surface area contributed by atoms with E-state index in [1.54, 1.807) is 0 Å². The zero-order chi connectivity index (χ0) is 18.6. The number of carbonyl (C=O) groups excluding carboxylic acids is 1. The maximum atomic E-state index is 12.3. The first kappa shape index (κ1) is 20.0. The summed E-state index contributed by atoms with van der Waals surface area (Å²) >= 11 is 0. The van der Waals surface area contributed by atoms with Gasteiger partial charge in [0.2, 0.25) is 0 Å². The minimum atomic E-state index is -0.674. The second-order valence-electron chi connectivity index (χ2n) is 6.58. The molecule has 0 spiro atoms. The molecule has 0 aromatic heterocycles. The molecule has 3 heteroatoms. The highest BCUT2D eigenvalue weighted by molar-refractivity contribution is 5.68. The second kappa shape index (κ2) is 11.3. The van der Waals surface area contributed by atoms with E-state index >= 15 is 0 Å². The summed E-state index contributed by atoms with van der Waals surface area (Å²) in [6.07, 6.45) is 8.20. The van der Waals surface area contributed by atoms with Crippen LogP contribution in [0.2, 0.25) is 0 Å². The molecule has 0 aliphatic carbocycles. The van der Waals surface area contributed by atoms with Crippen LogP contribution in [0.25, 0.3) is 0 Å². The van der Waals surface area contributed by atoms with Crippen molar-refractivity contribution in [1.29, 1.82) is 0 Å². The van der Waals surface area contributed by atoms with Gasteiger partial charge >= 0.3 is 6.16 Å². The molecule has 0 amide bonds. The predicted octanol–water partition coefficient (Wildman–Crippen LogP) is 6.73. The lowest BCUT2D eigenvalue weighted by Crippen LogP contribution is -2.15. The van der Waals surface area contributed by atoms with Crippen LogP contribution in [-0.2, 0) is 12.8 Å². The molecule has 0 fully saturated rings. The quantitative estimate of drug-likeness (QED) is 0.269. The first-order valence-electron chi connectivity index (χ1n) is 9.80. The van der Waals surface area contributed by atoms with Gasteiger partial charge in [-0.1, -0.05) is 82.3 Å². The summed E-state index contributed by atoms with van der Waals surface area (Å²) in [5.41, 5.74) is 2.08. The molecule has 26 heavy (non-hydrogen) atoms. The minimum absolute atomic E-state index is 0.580. The Bertz CT molecular complexity index is 679. The first-order chi connectivity index (χ1) is 12.7. The van der Waals surface area contributed by atoms with Gasteiger partial charge in [-0.25, -0.2) is 4.79 Å². The highest BCUT2D eigenvalue weighted by Crippen LogP contribution is 2.23. The second-order valence-corrected chi connectivity index (χ2v) is 6.58. The minimum Gasteiger partial charge on any atom is -0.394 e. The maximum Gasteiger partial charge on any atom is 0.519 e. The summed E-state index contributed by atoms with van der Waals surface area (Å²) < 4.78 is 11.0. The van der Waals surface area contributed by atoms with Gasteiger partial charge in [-0.15, -0.1) is 0 Å². The molecule has 0 saturated carbocycles. The van der Waals surface area contributed by atoms with Crippen molar-refractivity contribution in [1.82, 2.24) is 0 Å². The Balaban J connectivity index is 1.94. The van der Waals surface area contributed by atoms with Gasteiger partial charge in [0.05, 0.1) is 0 Å². The first-order valence-corrected chi connectivity index (χ1v) is 9.80. The van der Waals surface area contributed by atoms with Gasteiger partial charge in [0.25, 0.3) is 0 Å². The molecule has 0 unspecified atom stereocenters. The van der Waals surface area contributed by atoms with E-state index in [-0.39, 0.29) is 0 Å². The van der Waals surface area contributed by atoms with Crippen LogP contribution in [0.5, 0.6) is 11.5 Å². The number of unbranched alkanes of at least 4 members (excludes halogenated alkanes) is 4. The van der Waals surface area contributed by atoms with Crippen LogP contribution in [0.1, 0.15) is 63.5 Å². The summed E-state index contributed by atoms with van der Waals surface area (Å²) in [4.78, 5) is 12.3. The molecule has 3 nitrogen and oxygen atoms in total. The van der Waals surface area contributed by atoms with Crippen LogP contribution < -0.4 is 9.47 Å². The van der Waals surface area contributed by atoms with Crippen LogP contribution in [-0.4, -0.2) is 6.16 Å². The molecule has 0 aliphatic rings. The molecular formula is C23H30O3. The molecule has 2 aromatic carbocycles. The van der Waals surface area contributed by atoms with E-state index < -0.39 is 6.16 Å². The Morgan fingerprint density at radius 1 is 0.692 bits per heavy atom. The topological polar surface area (TPSA) is 35.5 Å². The summed E-state index contributed by atoms with van der Waals surface area (Å²) in [6, 6.07) is 15.3. The van der Waals surface area contributed by atoms with Gasteiger partial charge in [-0.3, -0.25) is 0 Å². The fraction of sp³-hybridized carbons (Fsp3) is 0.435. The van der Waals surface area contributed by atoms with Gasteiger partial charge in [-0.05, 0) is 42.5 Å². The average Bonchev–Trinajstić information content (AvgIpc) is 2.64. The molecule has 0 aliphatic heterocycles. The summed E-state index contributed by atoms with van der Waals surface area (Å²) in [5.74, 6) is 1.18. The number of hydrogen-bond donors (Lipinski definition) is 0. The van der Waals surface area contributed by atoms with Crippen LogP contribution >= 0.6 is 0 Å². The molecule has 0 atom stereocenters. The van der Waals surface area contributed by atoms with Crippen molar-refractivity contribution in [2.75, 3.05) is 0 Å². The lowest BCUT2D eigenvalue weighted by molar-refractivity contribution is 0.151. The monoisotopic (exact) mass is 354 g/mol. The molecular weight excluding hydrogens is 324 g/mol. The molecule has 2 aromatic rings. The van der Waals surface area contributed by atoms with Crippen LogP contribution in [0.15, 0.2) is 48.5 Å². The zero-order valence-electron chi connectivity index (χ0n) is 16.0. The summed E-state index contributed by atoms with van der Waals surface area (Å²) in [7, 11) is 0. The molecule has 0 heterocycles. The molecule has 0 saturated heterocycles. The van der Waals surface area contributed by atoms with Crippen molar-refractivity contribution in [2.45, 2.75) is 65.2 Å². The predicted molar refractivity (Wildman–Crippen MR) is 106 cm³/mol. The Morgan fingerprint density at radius 3 is 1.81 bits per heavy atom. The molecule has 0 N–H and O–H groups in total. The van der Waals surface area contributed by atoms with Gasteiger partial charge in [0.1, 0.15) is 11.5 Å². The van der Waals surface area contributed by atoms with E-state index in [4.69, 9.17) is 9.47 Å². The average molecular weight is 354 g/mol. The van der Waals surface area contributed by atoms with E-state index in [1.807, 2.05) is 48.5 Å². The Labute approximate surface area is 157 Å². The van der Waals surface area contributed by atoms with Crippen molar-refractivity contribution in [3.63, 3.8) is 0 Å². The van der Waals surface area contributed by atoms with E-state index in [1.165, 1.54) is 25.7 Å². The lowest BCUT2D eigenvalue weighted by Gasteiger charge is -2.12.